The van der Waals surface area contributed by atoms with Gasteiger partial charge < -0.3 is 10.0 Å². The number of carboxylic acid groups (broad SMARTS) is 1. The Morgan fingerprint density at radius 1 is 0.903 bits per heavy atom. The number of aromatic nitrogens is 1. The van der Waals surface area contributed by atoms with Crippen molar-refractivity contribution in [2.75, 3.05) is 18.5 Å². The Labute approximate surface area is 182 Å². The minimum absolute atomic E-state index is 0.102. The number of benzene rings is 3. The average Bonchev–Trinajstić information content (AvgIpc) is 2.78. The van der Waals surface area contributed by atoms with Gasteiger partial charge in [0.1, 0.15) is 12.4 Å². The third-order valence-corrected chi connectivity index (χ3v) is 5.44. The van der Waals surface area contributed by atoms with Crippen LogP contribution in [0.15, 0.2) is 78.9 Å². The van der Waals surface area contributed by atoms with E-state index < -0.39 is 5.97 Å². The van der Waals surface area contributed by atoms with Gasteiger partial charge in [-0.3, -0.25) is 4.79 Å². The molecule has 1 N–H and O–H groups in total. The fourth-order valence-electron chi connectivity index (χ4n) is 3.92. The molecule has 31 heavy (non-hydrogen) atoms. The molecule has 0 fully saturated rings. The van der Waals surface area contributed by atoms with Crippen molar-refractivity contribution in [1.82, 2.24) is 4.98 Å². The Balaban J connectivity index is 1.88. The molecular weight excluding hydrogens is 384 g/mol. The molecule has 0 saturated heterocycles. The van der Waals surface area contributed by atoms with Crippen LogP contribution in [-0.4, -0.2) is 29.7 Å². The zero-order valence-corrected chi connectivity index (χ0v) is 17.9. The van der Waals surface area contributed by atoms with Crippen LogP contribution in [-0.2, 0) is 11.2 Å². The summed E-state index contributed by atoms with van der Waals surface area (Å²) in [4.78, 5) is 17.6. The first-order valence-electron chi connectivity index (χ1n) is 10.6. The summed E-state index contributed by atoms with van der Waals surface area (Å²) in [5.74, 6) is -0.237. The number of likely N-dealkylation sites (N-methyl/N-ethyl adjacent to an activating group) is 1. The van der Waals surface area contributed by atoms with Crippen molar-refractivity contribution < 1.29 is 9.90 Å². The molecule has 0 amide bonds. The lowest BCUT2D eigenvalue weighted by Crippen LogP contribution is -2.25. The van der Waals surface area contributed by atoms with E-state index in [0.29, 0.717) is 5.82 Å². The van der Waals surface area contributed by atoms with Crippen LogP contribution in [0.3, 0.4) is 0 Å². The number of hydrogen-bond acceptors (Lipinski definition) is 3. The second-order valence-electron chi connectivity index (χ2n) is 7.83. The molecule has 0 aliphatic heterocycles. The molecule has 0 aliphatic rings. The summed E-state index contributed by atoms with van der Waals surface area (Å²) in [6, 6.07) is 27.2. The van der Waals surface area contributed by atoms with Crippen LogP contribution in [0.2, 0.25) is 0 Å². The van der Waals surface area contributed by atoms with E-state index in [4.69, 9.17) is 4.98 Å². The SMILES string of the molecule is CCCc1cccc(-c2ccc3nc(N(C)CC(=O)O)cc(-c4ccccc4)c3c2)c1. The molecule has 0 saturated carbocycles. The van der Waals surface area contributed by atoms with Crippen LogP contribution < -0.4 is 4.90 Å². The summed E-state index contributed by atoms with van der Waals surface area (Å²) in [6.45, 7) is 2.09. The maximum atomic E-state index is 11.2. The van der Waals surface area contributed by atoms with Gasteiger partial charge in [0, 0.05) is 12.4 Å². The van der Waals surface area contributed by atoms with Gasteiger partial charge in [0.15, 0.2) is 0 Å². The van der Waals surface area contributed by atoms with E-state index in [1.54, 1.807) is 11.9 Å². The summed E-state index contributed by atoms with van der Waals surface area (Å²) in [6.07, 6.45) is 2.19. The smallest absolute Gasteiger partial charge is 0.323 e. The molecule has 1 heterocycles. The number of hydrogen-bond donors (Lipinski definition) is 1. The fourth-order valence-corrected chi connectivity index (χ4v) is 3.92. The van der Waals surface area contributed by atoms with Crippen LogP contribution in [0.1, 0.15) is 18.9 Å². The van der Waals surface area contributed by atoms with Crippen LogP contribution in [0, 0.1) is 0 Å². The second-order valence-corrected chi connectivity index (χ2v) is 7.83. The van der Waals surface area contributed by atoms with Crippen molar-refractivity contribution in [1.29, 1.82) is 0 Å². The van der Waals surface area contributed by atoms with E-state index in [1.807, 2.05) is 30.3 Å². The Morgan fingerprint density at radius 3 is 2.39 bits per heavy atom. The van der Waals surface area contributed by atoms with Crippen LogP contribution >= 0.6 is 0 Å². The molecule has 0 spiro atoms. The number of aryl methyl sites for hydroxylation is 1. The number of aliphatic carboxylic acids is 1. The van der Waals surface area contributed by atoms with E-state index in [1.165, 1.54) is 11.1 Å². The maximum Gasteiger partial charge on any atom is 0.323 e. The topological polar surface area (TPSA) is 53.4 Å². The molecule has 4 aromatic rings. The third kappa shape index (κ3) is 4.58. The summed E-state index contributed by atoms with van der Waals surface area (Å²) in [5.41, 5.74) is 6.66. The first-order valence-corrected chi connectivity index (χ1v) is 10.6. The average molecular weight is 411 g/mol. The maximum absolute atomic E-state index is 11.2. The van der Waals surface area contributed by atoms with Crippen LogP contribution in [0.4, 0.5) is 5.82 Å². The monoisotopic (exact) mass is 410 g/mol. The van der Waals surface area contributed by atoms with Gasteiger partial charge in [-0.05, 0) is 52.4 Å². The number of fused-ring (bicyclic) bond motifs is 1. The molecule has 3 aromatic carbocycles. The van der Waals surface area contributed by atoms with Gasteiger partial charge in [0.05, 0.1) is 5.52 Å². The van der Waals surface area contributed by atoms with Gasteiger partial charge >= 0.3 is 5.97 Å². The number of pyridine rings is 1. The first-order chi connectivity index (χ1) is 15.0. The minimum atomic E-state index is -0.882. The fraction of sp³-hybridized carbons (Fsp3) is 0.185. The van der Waals surface area contributed by atoms with E-state index in [9.17, 15) is 9.90 Å². The van der Waals surface area contributed by atoms with Gasteiger partial charge in [-0.15, -0.1) is 0 Å². The van der Waals surface area contributed by atoms with E-state index >= 15 is 0 Å². The highest BCUT2D eigenvalue weighted by Crippen LogP contribution is 2.34. The molecule has 156 valence electrons. The molecular formula is C27H26N2O2. The molecule has 1 aromatic heterocycles. The predicted octanol–water partition coefficient (Wildman–Crippen LogP) is 6.04. The van der Waals surface area contributed by atoms with E-state index in [2.05, 4.69) is 55.5 Å². The summed E-state index contributed by atoms with van der Waals surface area (Å²) in [5, 5.41) is 10.3. The molecule has 0 radical (unpaired) electrons. The minimum Gasteiger partial charge on any atom is -0.480 e. The van der Waals surface area contributed by atoms with Crippen molar-refractivity contribution in [2.24, 2.45) is 0 Å². The Hall–Kier alpha value is -3.66. The number of anilines is 1. The van der Waals surface area contributed by atoms with Crippen molar-refractivity contribution in [3.63, 3.8) is 0 Å². The van der Waals surface area contributed by atoms with Crippen molar-refractivity contribution in [2.45, 2.75) is 19.8 Å². The predicted molar refractivity (Wildman–Crippen MR) is 128 cm³/mol. The van der Waals surface area contributed by atoms with E-state index in [0.717, 1.165) is 40.4 Å². The molecule has 4 nitrogen and oxygen atoms in total. The molecule has 0 atom stereocenters. The highest BCUT2D eigenvalue weighted by molar-refractivity contribution is 5.98. The van der Waals surface area contributed by atoms with Gasteiger partial charge in [0.2, 0.25) is 0 Å². The third-order valence-electron chi connectivity index (χ3n) is 5.44. The van der Waals surface area contributed by atoms with Crippen LogP contribution in [0.5, 0.6) is 0 Å². The molecule has 0 unspecified atom stereocenters. The molecule has 0 bridgehead atoms. The van der Waals surface area contributed by atoms with Crippen LogP contribution in [0.25, 0.3) is 33.2 Å². The number of rotatable bonds is 7. The Kier molecular flexibility index (Phi) is 5.99. The van der Waals surface area contributed by atoms with Crippen molar-refractivity contribution >= 4 is 22.7 Å². The van der Waals surface area contributed by atoms with Gasteiger partial charge in [0.25, 0.3) is 0 Å². The normalized spacial score (nSPS) is 10.9. The van der Waals surface area contributed by atoms with E-state index in [-0.39, 0.29) is 6.54 Å². The lowest BCUT2D eigenvalue weighted by molar-refractivity contribution is -0.135. The largest absolute Gasteiger partial charge is 0.480 e. The highest BCUT2D eigenvalue weighted by atomic mass is 16.4. The van der Waals surface area contributed by atoms with Crippen molar-refractivity contribution in [3.05, 3.63) is 84.4 Å². The van der Waals surface area contributed by atoms with Gasteiger partial charge in [-0.25, -0.2) is 4.98 Å². The van der Waals surface area contributed by atoms with Crippen molar-refractivity contribution in [3.8, 4) is 22.3 Å². The number of nitrogens with zero attached hydrogens (tertiary/aromatic N) is 2. The zero-order valence-electron chi connectivity index (χ0n) is 17.9. The van der Waals surface area contributed by atoms with Gasteiger partial charge in [-0.1, -0.05) is 74.0 Å². The number of carbonyl (C=O) groups is 1. The summed E-state index contributed by atoms with van der Waals surface area (Å²) in [7, 11) is 1.75. The Bertz CT molecular complexity index is 1220. The number of carboxylic acids is 1. The second kappa shape index (κ2) is 9.00. The quantitative estimate of drug-likeness (QED) is 0.403. The summed E-state index contributed by atoms with van der Waals surface area (Å²) >= 11 is 0. The lowest BCUT2D eigenvalue weighted by atomic mass is 9.96. The molecule has 4 heteroatoms. The summed E-state index contributed by atoms with van der Waals surface area (Å²) < 4.78 is 0. The van der Waals surface area contributed by atoms with Gasteiger partial charge in [-0.2, -0.15) is 0 Å². The first kappa shape index (κ1) is 20.6. The Morgan fingerprint density at radius 2 is 1.65 bits per heavy atom. The zero-order chi connectivity index (χ0) is 21.8. The molecule has 4 rings (SSSR count). The molecule has 0 aliphatic carbocycles. The highest BCUT2D eigenvalue weighted by Gasteiger charge is 2.14. The standard InChI is InChI=1S/C27H26N2O2/c1-3-8-19-9-7-12-21(15-19)22-13-14-25-24(16-22)23(20-10-5-4-6-11-20)17-26(28-25)29(2)18-27(30)31/h4-7,9-17H,3,8,18H2,1-2H3,(H,30,31). The lowest BCUT2D eigenvalue weighted by Gasteiger charge is -2.19.